The molecule has 1 aliphatic heterocycles. The van der Waals surface area contributed by atoms with Crippen LogP contribution in [0.4, 0.5) is 4.79 Å². The van der Waals surface area contributed by atoms with Gasteiger partial charge in [0, 0.05) is 6.54 Å². The summed E-state index contributed by atoms with van der Waals surface area (Å²) >= 11 is 0. The van der Waals surface area contributed by atoms with Gasteiger partial charge in [0.15, 0.2) is 0 Å². The monoisotopic (exact) mass is 235 g/mol. The zero-order valence-corrected chi connectivity index (χ0v) is 9.89. The Bertz CT molecular complexity index is 366. The average molecular weight is 235 g/mol. The number of para-hydroxylation sites is 1. The molecule has 92 valence electrons. The molecule has 0 radical (unpaired) electrons. The second kappa shape index (κ2) is 5.68. The van der Waals surface area contributed by atoms with Crippen molar-refractivity contribution in [1.82, 2.24) is 5.32 Å². The van der Waals surface area contributed by atoms with Crippen molar-refractivity contribution in [1.29, 1.82) is 0 Å². The van der Waals surface area contributed by atoms with E-state index in [9.17, 15) is 4.79 Å². The van der Waals surface area contributed by atoms with E-state index in [1.807, 2.05) is 18.2 Å². The molecule has 0 amide bonds. The molecule has 1 N–H and O–H groups in total. The van der Waals surface area contributed by atoms with Gasteiger partial charge in [0.25, 0.3) is 0 Å². The molecule has 4 heteroatoms. The molecule has 2 atom stereocenters. The van der Waals surface area contributed by atoms with Crippen LogP contribution in [0.25, 0.3) is 0 Å². The lowest BCUT2D eigenvalue weighted by molar-refractivity contribution is 0.0233. The van der Waals surface area contributed by atoms with E-state index in [0.29, 0.717) is 18.2 Å². The molecular formula is C13H17NO3. The first-order chi connectivity index (χ1) is 8.25. The van der Waals surface area contributed by atoms with Crippen LogP contribution >= 0.6 is 0 Å². The van der Waals surface area contributed by atoms with Gasteiger partial charge in [0.05, 0.1) is 0 Å². The van der Waals surface area contributed by atoms with Crippen LogP contribution in [-0.2, 0) is 4.74 Å². The van der Waals surface area contributed by atoms with Crippen LogP contribution in [0.5, 0.6) is 5.75 Å². The molecule has 0 aromatic heterocycles. The number of ether oxygens (including phenoxy) is 2. The van der Waals surface area contributed by atoms with Crippen molar-refractivity contribution in [3.8, 4) is 5.75 Å². The van der Waals surface area contributed by atoms with Gasteiger partial charge >= 0.3 is 6.16 Å². The van der Waals surface area contributed by atoms with Crippen LogP contribution in [0, 0.1) is 5.92 Å². The summed E-state index contributed by atoms with van der Waals surface area (Å²) in [6.45, 7) is 3.76. The molecular weight excluding hydrogens is 218 g/mol. The number of carbonyl (C=O) groups is 1. The molecule has 1 saturated heterocycles. The molecule has 1 aliphatic rings. The Labute approximate surface area is 101 Å². The third-order valence-corrected chi connectivity index (χ3v) is 2.95. The fourth-order valence-corrected chi connectivity index (χ4v) is 1.85. The van der Waals surface area contributed by atoms with Crippen LogP contribution < -0.4 is 10.1 Å². The number of carbonyl (C=O) groups excluding carboxylic acids is 1. The normalized spacial score (nSPS) is 24.1. The van der Waals surface area contributed by atoms with Gasteiger partial charge in [-0.2, -0.15) is 0 Å². The number of rotatable bonds is 2. The number of hydrogen-bond acceptors (Lipinski definition) is 4. The summed E-state index contributed by atoms with van der Waals surface area (Å²) in [6.07, 6.45) is 0.292. The Balaban J connectivity index is 1.84. The van der Waals surface area contributed by atoms with Crippen molar-refractivity contribution < 1.29 is 14.3 Å². The fraction of sp³-hybridized carbons (Fsp3) is 0.462. The number of hydrogen-bond donors (Lipinski definition) is 1. The molecule has 1 aromatic carbocycles. The van der Waals surface area contributed by atoms with Crippen molar-refractivity contribution in [2.75, 3.05) is 13.1 Å². The Kier molecular flexibility index (Phi) is 3.98. The summed E-state index contributed by atoms with van der Waals surface area (Å²) < 4.78 is 10.4. The highest BCUT2D eigenvalue weighted by molar-refractivity contribution is 5.64. The Morgan fingerprint density at radius 2 is 2.12 bits per heavy atom. The summed E-state index contributed by atoms with van der Waals surface area (Å²) in [4.78, 5) is 11.6. The molecule has 0 saturated carbocycles. The Morgan fingerprint density at radius 1 is 1.35 bits per heavy atom. The van der Waals surface area contributed by atoms with Crippen molar-refractivity contribution in [3.05, 3.63) is 30.3 Å². The summed E-state index contributed by atoms with van der Waals surface area (Å²) in [5, 5.41) is 3.20. The largest absolute Gasteiger partial charge is 0.514 e. The molecule has 2 rings (SSSR count). The maximum Gasteiger partial charge on any atom is 0.514 e. The van der Waals surface area contributed by atoms with Gasteiger partial charge in [0.2, 0.25) is 0 Å². The van der Waals surface area contributed by atoms with Crippen molar-refractivity contribution in [2.24, 2.45) is 5.92 Å². The lowest BCUT2D eigenvalue weighted by atomic mass is 9.97. The number of piperidine rings is 1. The third-order valence-electron chi connectivity index (χ3n) is 2.95. The highest BCUT2D eigenvalue weighted by Gasteiger charge is 2.25. The minimum Gasteiger partial charge on any atom is -0.429 e. The standard InChI is InChI=1S/C13H17NO3/c1-10-7-8-14-9-12(10)17-13(15)16-11-5-3-2-4-6-11/h2-6,10,12,14H,7-9H2,1H3. The highest BCUT2D eigenvalue weighted by atomic mass is 16.7. The van der Waals surface area contributed by atoms with E-state index < -0.39 is 6.16 Å². The fourth-order valence-electron chi connectivity index (χ4n) is 1.85. The Hall–Kier alpha value is -1.55. The van der Waals surface area contributed by atoms with Crippen LogP contribution in [0.15, 0.2) is 30.3 Å². The van der Waals surface area contributed by atoms with Crippen molar-refractivity contribution >= 4 is 6.16 Å². The zero-order chi connectivity index (χ0) is 12.1. The molecule has 1 fully saturated rings. The molecule has 2 unspecified atom stereocenters. The van der Waals surface area contributed by atoms with Crippen molar-refractivity contribution in [3.63, 3.8) is 0 Å². The minimum atomic E-state index is -0.628. The van der Waals surface area contributed by atoms with Crippen LogP contribution in [-0.4, -0.2) is 25.3 Å². The second-order valence-electron chi connectivity index (χ2n) is 4.29. The van der Waals surface area contributed by atoms with Gasteiger partial charge in [-0.3, -0.25) is 0 Å². The van der Waals surface area contributed by atoms with E-state index >= 15 is 0 Å². The van der Waals surface area contributed by atoms with Gasteiger partial charge in [-0.1, -0.05) is 25.1 Å². The second-order valence-corrected chi connectivity index (χ2v) is 4.29. The van der Waals surface area contributed by atoms with Crippen LogP contribution in [0.2, 0.25) is 0 Å². The van der Waals surface area contributed by atoms with Crippen molar-refractivity contribution in [2.45, 2.75) is 19.4 Å². The first kappa shape index (κ1) is 11.9. The topological polar surface area (TPSA) is 47.6 Å². The lowest BCUT2D eigenvalue weighted by Crippen LogP contribution is -2.42. The van der Waals surface area contributed by atoms with E-state index in [1.54, 1.807) is 12.1 Å². The predicted octanol–water partition coefficient (Wildman–Crippen LogP) is 2.20. The minimum absolute atomic E-state index is 0.0973. The average Bonchev–Trinajstić information content (AvgIpc) is 2.33. The van der Waals surface area contributed by atoms with E-state index in [4.69, 9.17) is 9.47 Å². The summed E-state index contributed by atoms with van der Waals surface area (Å²) in [6, 6.07) is 8.94. The Morgan fingerprint density at radius 3 is 2.82 bits per heavy atom. The molecule has 0 bridgehead atoms. The number of benzene rings is 1. The molecule has 1 aromatic rings. The van der Waals surface area contributed by atoms with Gasteiger partial charge in [-0.25, -0.2) is 4.79 Å². The molecule has 1 heterocycles. The van der Waals surface area contributed by atoms with Crippen LogP contribution in [0.3, 0.4) is 0 Å². The third kappa shape index (κ3) is 3.46. The van der Waals surface area contributed by atoms with E-state index in [2.05, 4.69) is 12.2 Å². The predicted molar refractivity (Wildman–Crippen MR) is 64.0 cm³/mol. The molecule has 0 aliphatic carbocycles. The molecule has 17 heavy (non-hydrogen) atoms. The van der Waals surface area contributed by atoms with E-state index in [1.165, 1.54) is 0 Å². The van der Waals surface area contributed by atoms with Gasteiger partial charge in [-0.15, -0.1) is 0 Å². The first-order valence-corrected chi connectivity index (χ1v) is 5.90. The van der Waals surface area contributed by atoms with Crippen LogP contribution in [0.1, 0.15) is 13.3 Å². The summed E-state index contributed by atoms with van der Waals surface area (Å²) in [5.74, 6) is 0.883. The maximum absolute atomic E-state index is 11.6. The van der Waals surface area contributed by atoms with E-state index in [-0.39, 0.29) is 6.10 Å². The first-order valence-electron chi connectivity index (χ1n) is 5.90. The molecule has 0 spiro atoms. The molecule has 4 nitrogen and oxygen atoms in total. The van der Waals surface area contributed by atoms with Gasteiger partial charge in [0.1, 0.15) is 11.9 Å². The highest BCUT2D eigenvalue weighted by Crippen LogP contribution is 2.16. The van der Waals surface area contributed by atoms with E-state index in [0.717, 1.165) is 13.0 Å². The van der Waals surface area contributed by atoms with Gasteiger partial charge in [-0.05, 0) is 31.0 Å². The number of nitrogens with one attached hydrogen (secondary N) is 1. The zero-order valence-electron chi connectivity index (χ0n) is 9.89. The van der Waals surface area contributed by atoms with Gasteiger partial charge < -0.3 is 14.8 Å². The quantitative estimate of drug-likeness (QED) is 0.630. The summed E-state index contributed by atoms with van der Waals surface area (Å²) in [5.41, 5.74) is 0. The summed E-state index contributed by atoms with van der Waals surface area (Å²) in [7, 11) is 0. The lowest BCUT2D eigenvalue weighted by Gasteiger charge is -2.28. The SMILES string of the molecule is CC1CCNCC1OC(=O)Oc1ccccc1. The maximum atomic E-state index is 11.6. The smallest absolute Gasteiger partial charge is 0.429 e.